The van der Waals surface area contributed by atoms with E-state index in [1.165, 1.54) is 0 Å². The molecule has 1 rings (SSSR count). The van der Waals surface area contributed by atoms with Crippen molar-refractivity contribution in [2.45, 2.75) is 13.5 Å². The summed E-state index contributed by atoms with van der Waals surface area (Å²) in [4.78, 5) is 13.1. The van der Waals surface area contributed by atoms with Crippen LogP contribution in [0.4, 0.5) is 0 Å². The first-order chi connectivity index (χ1) is 7.17. The summed E-state index contributed by atoms with van der Waals surface area (Å²) in [6.07, 6.45) is 0. The Labute approximate surface area is 107 Å². The Morgan fingerprint density at radius 1 is 1.50 bits per heavy atom. The number of hydrogen-bond donors (Lipinski definition) is 1. The molecule has 0 aliphatic rings. The number of carbonyl (C=O) groups excluding carboxylic acids is 1. The Morgan fingerprint density at radius 3 is 2.69 bits per heavy atom. The van der Waals surface area contributed by atoms with E-state index in [4.69, 9.17) is 17.3 Å². The van der Waals surface area contributed by atoms with Crippen molar-refractivity contribution in [1.29, 1.82) is 0 Å². The van der Waals surface area contributed by atoms with Gasteiger partial charge in [0, 0.05) is 18.1 Å². The highest BCUT2D eigenvalue weighted by Crippen LogP contribution is 2.12. The number of likely N-dealkylation sites (N-methyl/N-ethyl adjacent to an activating group) is 1. The summed E-state index contributed by atoms with van der Waals surface area (Å²) in [5, 5.41) is 0.684. The maximum atomic E-state index is 11.4. The van der Waals surface area contributed by atoms with Crippen molar-refractivity contribution in [1.82, 2.24) is 4.90 Å². The molecule has 0 fully saturated rings. The molecule has 1 aromatic carbocycles. The molecule has 16 heavy (non-hydrogen) atoms. The van der Waals surface area contributed by atoms with Gasteiger partial charge in [-0.15, -0.1) is 12.4 Å². The Hall–Kier alpha value is -0.770. The van der Waals surface area contributed by atoms with Crippen LogP contribution in [0.25, 0.3) is 0 Å². The summed E-state index contributed by atoms with van der Waals surface area (Å²) in [6.45, 7) is 3.20. The predicted octanol–water partition coefficient (Wildman–Crippen LogP) is 2.07. The SMILES string of the molecule is CCN(Cc1cccc(Cl)c1)C(=O)CN.Cl. The average molecular weight is 263 g/mol. The lowest BCUT2D eigenvalue weighted by Crippen LogP contribution is -2.35. The number of halogens is 2. The van der Waals surface area contributed by atoms with Crippen molar-refractivity contribution in [2.75, 3.05) is 13.1 Å². The molecular weight excluding hydrogens is 247 g/mol. The average Bonchev–Trinajstić information content (AvgIpc) is 2.25. The molecule has 0 saturated carbocycles. The van der Waals surface area contributed by atoms with Gasteiger partial charge in [0.25, 0.3) is 0 Å². The van der Waals surface area contributed by atoms with Crippen LogP contribution in [0.15, 0.2) is 24.3 Å². The summed E-state index contributed by atoms with van der Waals surface area (Å²) in [5.74, 6) is -0.0440. The van der Waals surface area contributed by atoms with Gasteiger partial charge < -0.3 is 10.6 Å². The normalized spacial score (nSPS) is 9.44. The van der Waals surface area contributed by atoms with E-state index in [1.807, 2.05) is 31.2 Å². The van der Waals surface area contributed by atoms with E-state index in [0.29, 0.717) is 18.1 Å². The van der Waals surface area contributed by atoms with Crippen molar-refractivity contribution in [3.05, 3.63) is 34.9 Å². The molecule has 1 amide bonds. The fourth-order valence-corrected chi connectivity index (χ4v) is 1.57. The molecule has 0 aromatic heterocycles. The standard InChI is InChI=1S/C11H15ClN2O.ClH/c1-2-14(11(15)7-13)8-9-4-3-5-10(12)6-9;/h3-6H,2,7-8,13H2,1H3;1H. The summed E-state index contributed by atoms with van der Waals surface area (Å²) < 4.78 is 0. The first-order valence-electron chi connectivity index (χ1n) is 4.89. The maximum Gasteiger partial charge on any atom is 0.236 e. The molecule has 5 heteroatoms. The summed E-state index contributed by atoms with van der Waals surface area (Å²) in [6, 6.07) is 7.48. The second-order valence-electron chi connectivity index (χ2n) is 3.24. The largest absolute Gasteiger partial charge is 0.338 e. The summed E-state index contributed by atoms with van der Waals surface area (Å²) in [7, 11) is 0. The molecule has 0 aliphatic heterocycles. The van der Waals surface area contributed by atoms with Crippen LogP contribution in [0.1, 0.15) is 12.5 Å². The smallest absolute Gasteiger partial charge is 0.236 e. The van der Waals surface area contributed by atoms with Crippen molar-refractivity contribution in [2.24, 2.45) is 5.73 Å². The van der Waals surface area contributed by atoms with Gasteiger partial charge in [0.2, 0.25) is 5.91 Å². The first kappa shape index (κ1) is 15.2. The molecule has 0 saturated heterocycles. The third-order valence-corrected chi connectivity index (χ3v) is 2.41. The minimum absolute atomic E-state index is 0. The van der Waals surface area contributed by atoms with Crippen molar-refractivity contribution in [3.8, 4) is 0 Å². The van der Waals surface area contributed by atoms with Gasteiger partial charge in [0.05, 0.1) is 6.54 Å². The number of hydrogen-bond acceptors (Lipinski definition) is 2. The topological polar surface area (TPSA) is 46.3 Å². The summed E-state index contributed by atoms with van der Waals surface area (Å²) >= 11 is 5.86. The van der Waals surface area contributed by atoms with Gasteiger partial charge in [-0.05, 0) is 24.6 Å². The Kier molecular flexibility index (Phi) is 7.13. The highest BCUT2D eigenvalue weighted by atomic mass is 35.5. The van der Waals surface area contributed by atoms with Gasteiger partial charge in [-0.25, -0.2) is 0 Å². The Bertz CT molecular complexity index is 345. The molecule has 0 bridgehead atoms. The van der Waals surface area contributed by atoms with E-state index >= 15 is 0 Å². The lowest BCUT2D eigenvalue weighted by atomic mass is 10.2. The molecule has 0 unspecified atom stereocenters. The summed E-state index contributed by atoms with van der Waals surface area (Å²) in [5.41, 5.74) is 6.33. The quantitative estimate of drug-likeness (QED) is 0.903. The van der Waals surface area contributed by atoms with E-state index in [0.717, 1.165) is 5.56 Å². The molecule has 90 valence electrons. The number of nitrogens with zero attached hydrogens (tertiary/aromatic N) is 1. The second-order valence-corrected chi connectivity index (χ2v) is 3.68. The zero-order chi connectivity index (χ0) is 11.3. The highest BCUT2D eigenvalue weighted by molar-refractivity contribution is 6.30. The highest BCUT2D eigenvalue weighted by Gasteiger charge is 2.09. The van der Waals surface area contributed by atoms with Gasteiger partial charge in [-0.3, -0.25) is 4.79 Å². The van der Waals surface area contributed by atoms with Gasteiger partial charge in [0.1, 0.15) is 0 Å². The first-order valence-corrected chi connectivity index (χ1v) is 5.27. The number of nitrogens with two attached hydrogens (primary N) is 1. The molecule has 0 aliphatic carbocycles. The zero-order valence-corrected chi connectivity index (χ0v) is 10.7. The molecule has 1 aromatic rings. The van der Waals surface area contributed by atoms with E-state index in [2.05, 4.69) is 0 Å². The minimum atomic E-state index is -0.0440. The van der Waals surface area contributed by atoms with Crippen molar-refractivity contribution in [3.63, 3.8) is 0 Å². The molecule has 3 nitrogen and oxygen atoms in total. The lowest BCUT2D eigenvalue weighted by Gasteiger charge is -2.20. The van der Waals surface area contributed by atoms with Gasteiger partial charge >= 0.3 is 0 Å². The number of benzene rings is 1. The molecule has 2 N–H and O–H groups in total. The Morgan fingerprint density at radius 2 is 2.19 bits per heavy atom. The van der Waals surface area contributed by atoms with Crippen LogP contribution in [0.2, 0.25) is 5.02 Å². The molecule has 0 spiro atoms. The number of carbonyl (C=O) groups is 1. The van der Waals surface area contributed by atoms with E-state index in [9.17, 15) is 4.79 Å². The fourth-order valence-electron chi connectivity index (χ4n) is 1.36. The minimum Gasteiger partial charge on any atom is -0.338 e. The monoisotopic (exact) mass is 262 g/mol. The molecule has 0 heterocycles. The van der Waals surface area contributed by atoms with E-state index < -0.39 is 0 Å². The second kappa shape index (κ2) is 7.49. The molecule has 0 radical (unpaired) electrons. The third-order valence-electron chi connectivity index (χ3n) is 2.17. The Balaban J connectivity index is 0.00000225. The number of amides is 1. The van der Waals surface area contributed by atoms with Crippen LogP contribution >= 0.6 is 24.0 Å². The van der Waals surface area contributed by atoms with Crippen LogP contribution in [0.3, 0.4) is 0 Å². The van der Waals surface area contributed by atoms with Crippen LogP contribution in [-0.2, 0) is 11.3 Å². The fraction of sp³-hybridized carbons (Fsp3) is 0.364. The van der Waals surface area contributed by atoms with Crippen LogP contribution in [-0.4, -0.2) is 23.9 Å². The number of rotatable bonds is 4. The lowest BCUT2D eigenvalue weighted by molar-refractivity contribution is -0.130. The van der Waals surface area contributed by atoms with E-state index in [-0.39, 0.29) is 24.9 Å². The van der Waals surface area contributed by atoms with Gasteiger partial charge in [0.15, 0.2) is 0 Å². The van der Waals surface area contributed by atoms with Crippen LogP contribution in [0, 0.1) is 0 Å². The van der Waals surface area contributed by atoms with Crippen LogP contribution < -0.4 is 5.73 Å². The molecular formula is C11H16Cl2N2O. The third kappa shape index (κ3) is 4.39. The van der Waals surface area contributed by atoms with Crippen molar-refractivity contribution >= 4 is 29.9 Å². The predicted molar refractivity (Wildman–Crippen MR) is 68.8 cm³/mol. The van der Waals surface area contributed by atoms with E-state index in [1.54, 1.807) is 4.90 Å². The van der Waals surface area contributed by atoms with Crippen molar-refractivity contribution < 1.29 is 4.79 Å². The maximum absolute atomic E-state index is 11.4. The zero-order valence-electron chi connectivity index (χ0n) is 9.15. The van der Waals surface area contributed by atoms with Crippen LogP contribution in [0.5, 0.6) is 0 Å². The van der Waals surface area contributed by atoms with Gasteiger partial charge in [-0.1, -0.05) is 23.7 Å². The molecule has 0 atom stereocenters. The van der Waals surface area contributed by atoms with Gasteiger partial charge in [-0.2, -0.15) is 0 Å².